The Kier molecular flexibility index (Phi) is 67.1. The molecule has 0 amide bonds. The van der Waals surface area contributed by atoms with Gasteiger partial charge in [-0.05, 0) is 43.4 Å². The Hall–Kier alpha value is -1.94. The maximum Gasteiger partial charge on any atom is 0.472 e. The van der Waals surface area contributed by atoms with Crippen molar-refractivity contribution in [1.82, 2.24) is 0 Å². The minimum Gasteiger partial charge on any atom is -0.462 e. The Morgan fingerprint density at radius 2 is 0.474 bits per heavy atom. The summed E-state index contributed by atoms with van der Waals surface area (Å²) in [6.07, 6.45) is 55.8. The molecular formula is C78H152O17P2. The molecule has 0 aliphatic rings. The molecule has 0 saturated carbocycles. The number of carbonyl (C=O) groups excluding carboxylic acids is 4. The second-order valence-corrected chi connectivity index (χ2v) is 32.4. The first-order chi connectivity index (χ1) is 46.7. The van der Waals surface area contributed by atoms with Crippen LogP contribution in [-0.4, -0.2) is 96.7 Å². The van der Waals surface area contributed by atoms with Crippen LogP contribution >= 0.6 is 15.6 Å². The van der Waals surface area contributed by atoms with Crippen LogP contribution in [0.1, 0.15) is 402 Å². The van der Waals surface area contributed by atoms with E-state index in [2.05, 4.69) is 48.5 Å². The summed E-state index contributed by atoms with van der Waals surface area (Å²) in [4.78, 5) is 72.8. The van der Waals surface area contributed by atoms with Gasteiger partial charge in [0.1, 0.15) is 19.3 Å². The number of aliphatic hydroxyl groups is 1. The quantitative estimate of drug-likeness (QED) is 0.0222. The first kappa shape index (κ1) is 95.1. The second-order valence-electron chi connectivity index (χ2n) is 29.5. The SMILES string of the molecule is CCCCCCCCCCCCCCCCCCCCC(=O)OC[C@H](COP(=O)(O)OC[C@@H](O)COP(=O)(O)OC[C@@H](COC(=O)CCCCCCCCC(C)C)OC(=O)CCCCCCCCCCCC(C)C)OC(=O)CCCCCCCCCCCCCCCCCC(C)C. The highest BCUT2D eigenvalue weighted by Crippen LogP contribution is 2.45. The van der Waals surface area contributed by atoms with Crippen molar-refractivity contribution in [3.8, 4) is 0 Å². The molecule has 0 aromatic rings. The zero-order valence-corrected chi connectivity index (χ0v) is 65.3. The molecule has 0 heterocycles. The Balaban J connectivity index is 5.22. The van der Waals surface area contributed by atoms with Gasteiger partial charge in [-0.1, -0.05) is 350 Å². The number of rotatable bonds is 76. The summed E-state index contributed by atoms with van der Waals surface area (Å²) in [6, 6.07) is 0. The highest BCUT2D eigenvalue weighted by molar-refractivity contribution is 7.47. The summed E-state index contributed by atoms with van der Waals surface area (Å²) >= 11 is 0. The number of phosphoric acid groups is 2. The number of phosphoric ester groups is 2. The third kappa shape index (κ3) is 72.2. The van der Waals surface area contributed by atoms with Crippen molar-refractivity contribution in [1.29, 1.82) is 0 Å². The molecule has 0 bridgehead atoms. The average molecular weight is 1420 g/mol. The number of esters is 4. The molecule has 5 atom stereocenters. The van der Waals surface area contributed by atoms with Gasteiger partial charge in [0.05, 0.1) is 26.4 Å². The molecule has 576 valence electrons. The lowest BCUT2D eigenvalue weighted by Gasteiger charge is -2.21. The van der Waals surface area contributed by atoms with Crippen LogP contribution in [0.3, 0.4) is 0 Å². The molecule has 19 heteroatoms. The van der Waals surface area contributed by atoms with Gasteiger partial charge in [-0.25, -0.2) is 9.13 Å². The van der Waals surface area contributed by atoms with Gasteiger partial charge in [-0.2, -0.15) is 0 Å². The molecule has 0 aromatic heterocycles. The van der Waals surface area contributed by atoms with Crippen LogP contribution in [0.4, 0.5) is 0 Å². The first-order valence-electron chi connectivity index (χ1n) is 40.3. The lowest BCUT2D eigenvalue weighted by atomic mass is 10.0. The van der Waals surface area contributed by atoms with Crippen LogP contribution in [0.5, 0.6) is 0 Å². The number of unbranched alkanes of at least 4 members (excludes halogenated alkanes) is 44. The van der Waals surface area contributed by atoms with Crippen molar-refractivity contribution in [3.63, 3.8) is 0 Å². The van der Waals surface area contributed by atoms with Gasteiger partial charge >= 0.3 is 39.5 Å². The fourth-order valence-corrected chi connectivity index (χ4v) is 13.5. The third-order valence-corrected chi connectivity index (χ3v) is 20.0. The molecule has 0 fully saturated rings. The summed E-state index contributed by atoms with van der Waals surface area (Å²) in [5.41, 5.74) is 0. The predicted octanol–water partition coefficient (Wildman–Crippen LogP) is 23.0. The zero-order chi connectivity index (χ0) is 71.6. The highest BCUT2D eigenvalue weighted by Gasteiger charge is 2.30. The Morgan fingerprint density at radius 1 is 0.278 bits per heavy atom. The minimum absolute atomic E-state index is 0.104. The molecule has 0 aromatic carbocycles. The molecular weight excluding hydrogens is 1270 g/mol. The molecule has 3 N–H and O–H groups in total. The summed E-state index contributed by atoms with van der Waals surface area (Å²) < 4.78 is 68.6. The van der Waals surface area contributed by atoms with Crippen LogP contribution < -0.4 is 0 Å². The first-order valence-corrected chi connectivity index (χ1v) is 43.3. The van der Waals surface area contributed by atoms with E-state index >= 15 is 0 Å². The molecule has 17 nitrogen and oxygen atoms in total. The van der Waals surface area contributed by atoms with Crippen LogP contribution in [-0.2, 0) is 65.4 Å². The summed E-state index contributed by atoms with van der Waals surface area (Å²) in [5, 5.41) is 10.6. The van der Waals surface area contributed by atoms with Gasteiger partial charge < -0.3 is 33.8 Å². The van der Waals surface area contributed by atoms with Gasteiger partial charge in [0.2, 0.25) is 0 Å². The van der Waals surface area contributed by atoms with Crippen molar-refractivity contribution in [3.05, 3.63) is 0 Å². The van der Waals surface area contributed by atoms with E-state index in [0.29, 0.717) is 31.6 Å². The normalized spacial score (nSPS) is 14.0. The van der Waals surface area contributed by atoms with Crippen molar-refractivity contribution in [2.24, 2.45) is 17.8 Å². The van der Waals surface area contributed by atoms with E-state index in [9.17, 15) is 43.2 Å². The van der Waals surface area contributed by atoms with E-state index in [-0.39, 0.29) is 25.7 Å². The Labute approximate surface area is 594 Å². The fourth-order valence-electron chi connectivity index (χ4n) is 12.0. The number of carbonyl (C=O) groups is 4. The summed E-state index contributed by atoms with van der Waals surface area (Å²) in [5.74, 6) is 0.100. The lowest BCUT2D eigenvalue weighted by molar-refractivity contribution is -0.161. The molecule has 0 aliphatic carbocycles. The second kappa shape index (κ2) is 68.5. The van der Waals surface area contributed by atoms with Crippen LogP contribution in [0.25, 0.3) is 0 Å². The summed E-state index contributed by atoms with van der Waals surface area (Å²) in [6.45, 7) is 11.8. The van der Waals surface area contributed by atoms with E-state index in [1.54, 1.807) is 0 Å². The largest absolute Gasteiger partial charge is 0.472 e. The van der Waals surface area contributed by atoms with Gasteiger partial charge in [0, 0.05) is 25.7 Å². The van der Waals surface area contributed by atoms with Gasteiger partial charge in [0.15, 0.2) is 12.2 Å². The molecule has 0 spiro atoms. The van der Waals surface area contributed by atoms with E-state index in [1.807, 2.05) is 0 Å². The van der Waals surface area contributed by atoms with Crippen molar-refractivity contribution in [2.45, 2.75) is 420 Å². The van der Waals surface area contributed by atoms with Crippen molar-refractivity contribution < 1.29 is 80.2 Å². The maximum absolute atomic E-state index is 13.1. The van der Waals surface area contributed by atoms with Gasteiger partial charge in [-0.15, -0.1) is 0 Å². The van der Waals surface area contributed by atoms with Crippen molar-refractivity contribution in [2.75, 3.05) is 39.6 Å². The number of aliphatic hydroxyl groups excluding tert-OH is 1. The van der Waals surface area contributed by atoms with Crippen molar-refractivity contribution >= 4 is 39.5 Å². The molecule has 97 heavy (non-hydrogen) atoms. The van der Waals surface area contributed by atoms with Crippen LogP contribution in [0.2, 0.25) is 0 Å². The third-order valence-electron chi connectivity index (χ3n) is 18.1. The predicted molar refractivity (Wildman–Crippen MR) is 395 cm³/mol. The highest BCUT2D eigenvalue weighted by atomic mass is 31.2. The van der Waals surface area contributed by atoms with E-state index in [0.717, 1.165) is 108 Å². The smallest absolute Gasteiger partial charge is 0.462 e. The Morgan fingerprint density at radius 3 is 0.701 bits per heavy atom. The Bertz CT molecular complexity index is 1890. The molecule has 0 aliphatic heterocycles. The topological polar surface area (TPSA) is 237 Å². The van der Waals surface area contributed by atoms with Crippen LogP contribution in [0, 0.1) is 17.8 Å². The lowest BCUT2D eigenvalue weighted by Crippen LogP contribution is -2.30. The molecule has 0 rings (SSSR count). The van der Waals surface area contributed by atoms with Gasteiger partial charge in [0.25, 0.3) is 0 Å². The average Bonchev–Trinajstić information content (AvgIpc) is 1.26. The van der Waals surface area contributed by atoms with E-state index in [1.165, 1.54) is 205 Å². The van der Waals surface area contributed by atoms with Gasteiger partial charge in [-0.3, -0.25) is 37.3 Å². The molecule has 0 radical (unpaired) electrons. The minimum atomic E-state index is -4.96. The van der Waals surface area contributed by atoms with E-state index in [4.69, 9.17) is 37.0 Å². The number of hydrogen-bond donors (Lipinski definition) is 3. The standard InChI is InChI=1S/C78H152O17P2/c1-8-9-10-11-12-13-14-15-16-17-18-21-24-27-32-37-45-52-59-75(80)88-65-73(94-77(82)61-54-47-38-33-28-25-22-19-20-23-26-30-35-42-49-56-69(2)3)67-92-96(84,85)90-63-72(79)64-91-97(86,87)93-68-74(66-89-76(81)60-53-46-41-40-44-51-58-71(6)7)95-78(83)62-55-48-39-34-29-31-36-43-50-57-70(4)5/h69-74,79H,8-68H2,1-7H3,(H,84,85)(H,86,87)/t72-,73-,74-/m1/s1. The zero-order valence-electron chi connectivity index (χ0n) is 63.5. The number of ether oxygens (including phenoxy) is 4. The van der Waals surface area contributed by atoms with E-state index < -0.39 is 97.5 Å². The monoisotopic (exact) mass is 1420 g/mol. The van der Waals surface area contributed by atoms with Crippen LogP contribution in [0.15, 0.2) is 0 Å². The molecule has 2 unspecified atom stereocenters. The molecule has 0 saturated heterocycles. The number of hydrogen-bond acceptors (Lipinski definition) is 15. The maximum atomic E-state index is 13.1. The summed E-state index contributed by atoms with van der Waals surface area (Å²) in [7, 11) is -9.91. The fraction of sp³-hybridized carbons (Fsp3) is 0.949.